The molecule has 1 N–H and O–H groups in total. The molecular formula is C21H17N5O2S2. The fourth-order valence-corrected chi connectivity index (χ4v) is 5.92. The van der Waals surface area contributed by atoms with Crippen LogP contribution in [0.3, 0.4) is 0 Å². The molecule has 1 aliphatic rings. The number of nitrogens with one attached hydrogen (secondary N) is 1. The largest absolute Gasteiger partial charge is 0.337 e. The lowest BCUT2D eigenvalue weighted by Gasteiger charge is -2.25. The number of fused-ring (bicyclic) bond motifs is 2. The summed E-state index contributed by atoms with van der Waals surface area (Å²) in [4.78, 5) is 40.5. The minimum atomic E-state index is -0.313. The van der Waals surface area contributed by atoms with Gasteiger partial charge in [-0.1, -0.05) is 12.1 Å². The van der Waals surface area contributed by atoms with Gasteiger partial charge in [0.2, 0.25) is 5.91 Å². The van der Waals surface area contributed by atoms with E-state index >= 15 is 0 Å². The van der Waals surface area contributed by atoms with Gasteiger partial charge in [0, 0.05) is 36.3 Å². The summed E-state index contributed by atoms with van der Waals surface area (Å²) in [6, 6.07) is 8.00. The maximum absolute atomic E-state index is 12.8. The van der Waals surface area contributed by atoms with E-state index in [0.29, 0.717) is 13.1 Å². The molecule has 9 heteroatoms. The Labute approximate surface area is 180 Å². The zero-order valence-corrected chi connectivity index (χ0v) is 17.7. The van der Waals surface area contributed by atoms with Crippen LogP contribution in [0, 0.1) is 0 Å². The Morgan fingerprint density at radius 1 is 1.17 bits per heavy atom. The molecule has 4 heterocycles. The third kappa shape index (κ3) is 3.35. The highest BCUT2D eigenvalue weighted by atomic mass is 32.1. The molecule has 0 radical (unpaired) electrons. The number of anilines is 1. The molecule has 0 saturated carbocycles. The molecule has 0 spiro atoms. The molecule has 0 bridgehead atoms. The van der Waals surface area contributed by atoms with E-state index in [-0.39, 0.29) is 17.5 Å². The van der Waals surface area contributed by atoms with Crippen LogP contribution in [0.4, 0.5) is 5.00 Å². The molecule has 0 saturated heterocycles. The van der Waals surface area contributed by atoms with Gasteiger partial charge in [0.15, 0.2) is 0 Å². The molecule has 5 rings (SSSR count). The van der Waals surface area contributed by atoms with Crippen molar-refractivity contribution < 1.29 is 9.59 Å². The summed E-state index contributed by atoms with van der Waals surface area (Å²) in [7, 11) is 0. The van der Waals surface area contributed by atoms with Crippen molar-refractivity contribution in [1.29, 1.82) is 0 Å². The molecular weight excluding hydrogens is 418 g/mol. The SMILES string of the molecule is CC(=O)N1CCc2c(sc(NC(=O)c3cnccn3)c2-c2nc3ccccc3s2)C1. The number of benzene rings is 1. The number of nitrogens with zero attached hydrogens (tertiary/aromatic N) is 4. The van der Waals surface area contributed by atoms with Gasteiger partial charge in [-0.15, -0.1) is 22.7 Å². The van der Waals surface area contributed by atoms with Crippen LogP contribution in [0.1, 0.15) is 27.9 Å². The Hall–Kier alpha value is -3.17. The van der Waals surface area contributed by atoms with E-state index in [1.165, 1.54) is 29.9 Å². The van der Waals surface area contributed by atoms with Crippen molar-refractivity contribution in [3.05, 3.63) is 59.0 Å². The number of aromatic nitrogens is 3. The number of para-hydroxylation sites is 1. The van der Waals surface area contributed by atoms with Crippen molar-refractivity contribution in [2.45, 2.75) is 19.9 Å². The highest BCUT2D eigenvalue weighted by molar-refractivity contribution is 7.23. The Kier molecular flexibility index (Phi) is 4.76. The van der Waals surface area contributed by atoms with E-state index in [1.807, 2.05) is 29.2 Å². The van der Waals surface area contributed by atoms with Crippen molar-refractivity contribution in [2.75, 3.05) is 11.9 Å². The van der Waals surface area contributed by atoms with Gasteiger partial charge in [-0.3, -0.25) is 14.6 Å². The van der Waals surface area contributed by atoms with Gasteiger partial charge in [0.1, 0.15) is 15.7 Å². The third-order valence-electron chi connectivity index (χ3n) is 5.03. The topological polar surface area (TPSA) is 88.1 Å². The standard InChI is InChI=1S/C21H17N5O2S2/c1-12(27)26-9-6-13-17(11-26)30-21(25-19(28)15-10-22-7-8-23-15)18(13)20-24-14-4-2-3-5-16(14)29-20/h2-5,7-8,10H,6,9,11H2,1H3,(H,25,28). The molecule has 0 fully saturated rings. The predicted octanol–water partition coefficient (Wildman–Crippen LogP) is 3.97. The van der Waals surface area contributed by atoms with Gasteiger partial charge in [-0.25, -0.2) is 9.97 Å². The Morgan fingerprint density at radius 2 is 2.03 bits per heavy atom. The van der Waals surface area contributed by atoms with Gasteiger partial charge < -0.3 is 10.2 Å². The maximum Gasteiger partial charge on any atom is 0.276 e. The van der Waals surface area contributed by atoms with Crippen molar-refractivity contribution in [3.8, 4) is 10.6 Å². The van der Waals surface area contributed by atoms with Crippen LogP contribution >= 0.6 is 22.7 Å². The van der Waals surface area contributed by atoms with E-state index in [2.05, 4.69) is 15.3 Å². The second kappa shape index (κ2) is 7.58. The van der Waals surface area contributed by atoms with Crippen LogP contribution < -0.4 is 5.32 Å². The van der Waals surface area contributed by atoms with E-state index < -0.39 is 0 Å². The average molecular weight is 436 g/mol. The molecule has 4 aromatic rings. The monoisotopic (exact) mass is 435 g/mol. The van der Waals surface area contributed by atoms with Crippen LogP contribution in [0.5, 0.6) is 0 Å². The molecule has 30 heavy (non-hydrogen) atoms. The molecule has 7 nitrogen and oxygen atoms in total. The molecule has 1 aromatic carbocycles. The number of amides is 2. The van der Waals surface area contributed by atoms with Gasteiger partial charge in [-0.05, 0) is 24.1 Å². The molecule has 0 aliphatic carbocycles. The highest BCUT2D eigenvalue weighted by Gasteiger charge is 2.28. The summed E-state index contributed by atoms with van der Waals surface area (Å²) in [6.07, 6.45) is 5.20. The lowest BCUT2D eigenvalue weighted by molar-refractivity contribution is -0.129. The van der Waals surface area contributed by atoms with Crippen LogP contribution in [0.15, 0.2) is 42.9 Å². The van der Waals surface area contributed by atoms with Crippen molar-refractivity contribution >= 4 is 49.7 Å². The first kappa shape index (κ1) is 18.8. The number of thiophene rings is 1. The number of hydrogen-bond donors (Lipinski definition) is 1. The van der Waals surface area contributed by atoms with Gasteiger partial charge in [0.25, 0.3) is 5.91 Å². The van der Waals surface area contributed by atoms with E-state index in [0.717, 1.165) is 42.7 Å². The minimum Gasteiger partial charge on any atom is -0.337 e. The summed E-state index contributed by atoms with van der Waals surface area (Å²) >= 11 is 3.11. The first-order chi connectivity index (χ1) is 14.6. The summed E-state index contributed by atoms with van der Waals surface area (Å²) in [5.74, 6) is -0.256. The fourth-order valence-electron chi connectivity index (χ4n) is 3.55. The lowest BCUT2D eigenvalue weighted by atomic mass is 10.0. The summed E-state index contributed by atoms with van der Waals surface area (Å²) < 4.78 is 1.10. The van der Waals surface area contributed by atoms with Crippen molar-refractivity contribution in [3.63, 3.8) is 0 Å². The van der Waals surface area contributed by atoms with Crippen LogP contribution in [0.25, 0.3) is 20.8 Å². The second-order valence-corrected chi connectivity index (χ2v) is 9.07. The summed E-state index contributed by atoms with van der Waals surface area (Å²) in [5.41, 5.74) is 3.30. The average Bonchev–Trinajstić information content (AvgIpc) is 3.34. The normalized spacial score (nSPS) is 13.3. The number of carbonyl (C=O) groups excluding carboxylic acids is 2. The van der Waals surface area contributed by atoms with Gasteiger partial charge in [-0.2, -0.15) is 0 Å². The highest BCUT2D eigenvalue weighted by Crippen LogP contribution is 2.45. The maximum atomic E-state index is 12.8. The molecule has 150 valence electrons. The number of hydrogen-bond acceptors (Lipinski definition) is 7. The fraction of sp³-hybridized carbons (Fsp3) is 0.190. The Bertz CT molecular complexity index is 1230. The zero-order chi connectivity index (χ0) is 20.7. The predicted molar refractivity (Wildman–Crippen MR) is 118 cm³/mol. The lowest BCUT2D eigenvalue weighted by Crippen LogP contribution is -2.33. The van der Waals surface area contributed by atoms with Crippen LogP contribution in [-0.4, -0.2) is 38.2 Å². The van der Waals surface area contributed by atoms with E-state index in [4.69, 9.17) is 4.98 Å². The number of rotatable bonds is 3. The van der Waals surface area contributed by atoms with E-state index in [1.54, 1.807) is 18.3 Å². The molecule has 2 amide bonds. The summed E-state index contributed by atoms with van der Waals surface area (Å²) in [6.45, 7) is 2.80. The second-order valence-electron chi connectivity index (χ2n) is 6.93. The molecule has 1 aliphatic heterocycles. The van der Waals surface area contributed by atoms with Crippen molar-refractivity contribution in [1.82, 2.24) is 19.9 Å². The van der Waals surface area contributed by atoms with Crippen LogP contribution in [0.2, 0.25) is 0 Å². The summed E-state index contributed by atoms with van der Waals surface area (Å²) in [5, 5.41) is 4.62. The Balaban J connectivity index is 1.60. The number of carbonyl (C=O) groups is 2. The Morgan fingerprint density at radius 3 is 2.80 bits per heavy atom. The van der Waals surface area contributed by atoms with Crippen LogP contribution in [-0.2, 0) is 17.8 Å². The zero-order valence-electron chi connectivity index (χ0n) is 16.1. The number of thiazole rings is 1. The first-order valence-corrected chi connectivity index (χ1v) is 11.1. The smallest absolute Gasteiger partial charge is 0.276 e. The van der Waals surface area contributed by atoms with Crippen molar-refractivity contribution in [2.24, 2.45) is 0 Å². The van der Waals surface area contributed by atoms with E-state index in [9.17, 15) is 9.59 Å². The molecule has 3 aromatic heterocycles. The van der Waals surface area contributed by atoms with Gasteiger partial charge >= 0.3 is 0 Å². The molecule has 0 atom stereocenters. The molecule has 0 unspecified atom stereocenters. The quantitative estimate of drug-likeness (QED) is 0.526. The minimum absolute atomic E-state index is 0.0562. The first-order valence-electron chi connectivity index (χ1n) is 9.43. The van der Waals surface area contributed by atoms with Gasteiger partial charge in [0.05, 0.1) is 23.0 Å². The third-order valence-corrected chi connectivity index (χ3v) is 7.22.